The molecule has 4 heteroatoms. The Kier molecular flexibility index (Phi) is 5.65. The van der Waals surface area contributed by atoms with E-state index in [9.17, 15) is 13.2 Å². The van der Waals surface area contributed by atoms with Crippen molar-refractivity contribution in [3.63, 3.8) is 0 Å². The lowest BCUT2D eigenvalue weighted by molar-refractivity contribution is -0.224. The quantitative estimate of drug-likeness (QED) is 0.582. The zero-order valence-electron chi connectivity index (χ0n) is 15.2. The summed E-state index contributed by atoms with van der Waals surface area (Å²) in [4.78, 5) is 0. The van der Waals surface area contributed by atoms with E-state index >= 15 is 0 Å². The predicted octanol–water partition coefficient (Wildman–Crippen LogP) is 6.74. The molecule has 0 bridgehead atoms. The molecule has 0 N–H and O–H groups in total. The van der Waals surface area contributed by atoms with Crippen molar-refractivity contribution in [2.45, 2.75) is 71.3 Å². The van der Waals surface area contributed by atoms with E-state index in [1.54, 1.807) is 6.92 Å². The lowest BCUT2D eigenvalue weighted by Crippen LogP contribution is -2.38. The topological polar surface area (TPSA) is 9.23 Å². The first-order valence-electron chi connectivity index (χ1n) is 9.68. The second-order valence-corrected chi connectivity index (χ2v) is 8.21. The summed E-state index contributed by atoms with van der Waals surface area (Å²) < 4.78 is 47.5. The van der Waals surface area contributed by atoms with E-state index in [1.165, 1.54) is 37.8 Å². The lowest BCUT2D eigenvalue weighted by Gasteiger charge is -2.38. The number of halogens is 3. The molecule has 0 aliphatic heterocycles. The van der Waals surface area contributed by atoms with Crippen LogP contribution in [0, 0.1) is 36.4 Å². The Morgan fingerprint density at radius 2 is 1.48 bits per heavy atom. The van der Waals surface area contributed by atoms with E-state index in [0.717, 1.165) is 30.7 Å². The second kappa shape index (κ2) is 7.59. The van der Waals surface area contributed by atoms with Crippen molar-refractivity contribution in [3.8, 4) is 5.75 Å². The normalized spacial score (nSPS) is 30.9. The van der Waals surface area contributed by atoms with Crippen LogP contribution in [0.4, 0.5) is 13.2 Å². The fraction of sp³-hybridized carbons (Fsp3) is 0.714. The van der Waals surface area contributed by atoms with Crippen LogP contribution < -0.4 is 4.74 Å². The van der Waals surface area contributed by atoms with Gasteiger partial charge in [-0.1, -0.05) is 25.8 Å². The molecule has 1 nitrogen and oxygen atoms in total. The first kappa shape index (κ1) is 18.6. The Balaban J connectivity index is 1.54. The Morgan fingerprint density at radius 3 is 2.04 bits per heavy atom. The third-order valence-corrected chi connectivity index (χ3v) is 6.37. The Bertz CT molecular complexity index is 571. The summed E-state index contributed by atoms with van der Waals surface area (Å²) >= 11 is 0. The van der Waals surface area contributed by atoms with E-state index in [-0.39, 0.29) is 5.75 Å². The molecule has 0 spiro atoms. The minimum absolute atomic E-state index is 0.0866. The van der Waals surface area contributed by atoms with E-state index in [2.05, 4.69) is 6.92 Å². The van der Waals surface area contributed by atoms with Gasteiger partial charge in [0.05, 0.1) is 5.92 Å². The van der Waals surface area contributed by atoms with Crippen LogP contribution >= 0.6 is 0 Å². The van der Waals surface area contributed by atoms with E-state index in [4.69, 9.17) is 4.74 Å². The molecule has 140 valence electrons. The molecular formula is C21H29F3O. The second-order valence-electron chi connectivity index (χ2n) is 8.21. The molecule has 25 heavy (non-hydrogen) atoms. The Labute approximate surface area is 149 Å². The zero-order valence-corrected chi connectivity index (χ0v) is 15.2. The van der Waals surface area contributed by atoms with Gasteiger partial charge in [-0.25, -0.2) is 4.39 Å². The lowest BCUT2D eigenvalue weighted by atomic mass is 9.69. The molecule has 1 aromatic carbocycles. The average molecular weight is 354 g/mol. The molecule has 2 fully saturated rings. The van der Waals surface area contributed by atoms with Crippen LogP contribution in [0.3, 0.4) is 0 Å². The number of hydrogen-bond acceptors (Lipinski definition) is 1. The summed E-state index contributed by atoms with van der Waals surface area (Å²) in [5, 5.41) is 0. The zero-order chi connectivity index (χ0) is 18.0. The van der Waals surface area contributed by atoms with Gasteiger partial charge in [-0.2, -0.15) is 8.78 Å². The average Bonchev–Trinajstić information content (AvgIpc) is 2.59. The van der Waals surface area contributed by atoms with Crippen molar-refractivity contribution in [2.24, 2.45) is 23.7 Å². The van der Waals surface area contributed by atoms with Crippen molar-refractivity contribution in [2.75, 3.05) is 0 Å². The molecule has 2 aliphatic carbocycles. The highest BCUT2D eigenvalue weighted by molar-refractivity contribution is 5.28. The number of aryl methyl sites for hydroxylation is 1. The van der Waals surface area contributed by atoms with Gasteiger partial charge in [0.1, 0.15) is 11.6 Å². The summed E-state index contributed by atoms with van der Waals surface area (Å²) in [5.41, 5.74) is 0.429. The van der Waals surface area contributed by atoms with Crippen LogP contribution in [0.15, 0.2) is 18.2 Å². The largest absolute Gasteiger partial charge is 0.432 e. The summed E-state index contributed by atoms with van der Waals surface area (Å²) in [7, 11) is 0. The molecular weight excluding hydrogens is 325 g/mol. The van der Waals surface area contributed by atoms with Gasteiger partial charge in [0.15, 0.2) is 0 Å². The maximum atomic E-state index is 14.5. The fourth-order valence-electron chi connectivity index (χ4n) is 4.56. The van der Waals surface area contributed by atoms with Crippen molar-refractivity contribution >= 4 is 0 Å². The molecule has 0 unspecified atom stereocenters. The summed E-state index contributed by atoms with van der Waals surface area (Å²) in [6.07, 6.45) is 4.57. The van der Waals surface area contributed by atoms with Crippen molar-refractivity contribution in [1.82, 2.24) is 0 Å². The molecule has 0 atom stereocenters. The van der Waals surface area contributed by atoms with Crippen LogP contribution in [0.2, 0.25) is 0 Å². The highest BCUT2D eigenvalue weighted by Gasteiger charge is 2.45. The minimum atomic E-state index is -3.23. The standard InChI is InChI=1S/C21H29F3O/c1-14-3-6-16(7-4-14)17-8-10-18(11-9-17)21(23,24)25-19-12-5-15(2)20(22)13-19/h5,12-14,16-18H,3-4,6-11H2,1-2H3. The van der Waals surface area contributed by atoms with Gasteiger partial charge in [0, 0.05) is 6.07 Å². The molecule has 0 saturated heterocycles. The van der Waals surface area contributed by atoms with Gasteiger partial charge in [-0.05, 0) is 74.8 Å². The minimum Gasteiger partial charge on any atom is -0.432 e. The number of hydrogen-bond donors (Lipinski definition) is 0. The third kappa shape index (κ3) is 4.51. The van der Waals surface area contributed by atoms with Crippen LogP contribution in [0.5, 0.6) is 5.75 Å². The highest BCUT2D eigenvalue weighted by atomic mass is 19.3. The van der Waals surface area contributed by atoms with Crippen molar-refractivity contribution < 1.29 is 17.9 Å². The molecule has 2 saturated carbocycles. The first-order valence-corrected chi connectivity index (χ1v) is 9.68. The molecule has 1 aromatic rings. The molecule has 0 radical (unpaired) electrons. The highest BCUT2D eigenvalue weighted by Crippen LogP contribution is 2.45. The summed E-state index contributed by atoms with van der Waals surface area (Å²) in [6, 6.07) is 3.95. The van der Waals surface area contributed by atoms with Crippen LogP contribution in [-0.4, -0.2) is 6.11 Å². The number of benzene rings is 1. The molecule has 0 aromatic heterocycles. The maximum Gasteiger partial charge on any atom is 0.400 e. The van der Waals surface area contributed by atoms with E-state index in [1.807, 2.05) is 0 Å². The number of alkyl halides is 2. The molecule has 0 amide bonds. The maximum absolute atomic E-state index is 14.5. The Hall–Kier alpha value is -1.19. The molecule has 3 rings (SSSR count). The van der Waals surface area contributed by atoms with Crippen molar-refractivity contribution in [1.29, 1.82) is 0 Å². The summed E-state index contributed by atoms with van der Waals surface area (Å²) in [6.45, 7) is 3.91. The van der Waals surface area contributed by atoms with Crippen LogP contribution in [0.1, 0.15) is 63.9 Å². The van der Waals surface area contributed by atoms with Crippen LogP contribution in [-0.2, 0) is 0 Å². The SMILES string of the molecule is Cc1ccc(OC(F)(F)C2CCC(C3CCC(C)CC3)CC2)cc1F. The fourth-order valence-corrected chi connectivity index (χ4v) is 4.56. The third-order valence-electron chi connectivity index (χ3n) is 6.37. The smallest absolute Gasteiger partial charge is 0.400 e. The van der Waals surface area contributed by atoms with Gasteiger partial charge >= 0.3 is 6.11 Å². The number of ether oxygens (including phenoxy) is 1. The first-order chi connectivity index (χ1) is 11.8. The van der Waals surface area contributed by atoms with Gasteiger partial charge in [0.25, 0.3) is 0 Å². The van der Waals surface area contributed by atoms with Gasteiger partial charge in [-0.3, -0.25) is 0 Å². The Morgan fingerprint density at radius 1 is 0.920 bits per heavy atom. The van der Waals surface area contributed by atoms with Crippen molar-refractivity contribution in [3.05, 3.63) is 29.6 Å². The van der Waals surface area contributed by atoms with E-state index < -0.39 is 17.8 Å². The number of rotatable bonds is 4. The summed E-state index contributed by atoms with van der Waals surface area (Å²) in [5.74, 6) is 0.769. The van der Waals surface area contributed by atoms with Gasteiger partial charge in [-0.15, -0.1) is 0 Å². The van der Waals surface area contributed by atoms with Crippen LogP contribution in [0.25, 0.3) is 0 Å². The predicted molar refractivity (Wildman–Crippen MR) is 93.3 cm³/mol. The monoisotopic (exact) mass is 354 g/mol. The van der Waals surface area contributed by atoms with E-state index in [0.29, 0.717) is 24.3 Å². The molecule has 0 heterocycles. The van der Waals surface area contributed by atoms with Gasteiger partial charge < -0.3 is 4.74 Å². The molecule has 2 aliphatic rings. The van der Waals surface area contributed by atoms with Gasteiger partial charge in [0.2, 0.25) is 0 Å².